The topological polar surface area (TPSA) is 37.3 Å². The van der Waals surface area contributed by atoms with Gasteiger partial charge in [0.1, 0.15) is 0 Å². The van der Waals surface area contributed by atoms with Gasteiger partial charge in [0.15, 0.2) is 0 Å². The SMILES string of the molecule is CCCCCC/C=C\[C@H]1CCC[C@@H]1CCCCCCC(=O)O. The lowest BCUT2D eigenvalue weighted by molar-refractivity contribution is -0.137. The summed E-state index contributed by atoms with van der Waals surface area (Å²) < 4.78 is 0. The van der Waals surface area contributed by atoms with Crippen LogP contribution in [0.15, 0.2) is 12.2 Å². The van der Waals surface area contributed by atoms with Crippen LogP contribution in [0.1, 0.15) is 96.8 Å². The summed E-state index contributed by atoms with van der Waals surface area (Å²) in [5.41, 5.74) is 0. The highest BCUT2D eigenvalue weighted by Crippen LogP contribution is 2.36. The molecular formula is C20H36O2. The second-order valence-corrected chi connectivity index (χ2v) is 6.98. The highest BCUT2D eigenvalue weighted by atomic mass is 16.4. The largest absolute Gasteiger partial charge is 0.481 e. The van der Waals surface area contributed by atoms with E-state index in [4.69, 9.17) is 5.11 Å². The van der Waals surface area contributed by atoms with E-state index >= 15 is 0 Å². The van der Waals surface area contributed by atoms with Crippen LogP contribution in [0.3, 0.4) is 0 Å². The number of hydrogen-bond donors (Lipinski definition) is 1. The molecule has 0 amide bonds. The van der Waals surface area contributed by atoms with Gasteiger partial charge in [0.25, 0.3) is 0 Å². The highest BCUT2D eigenvalue weighted by molar-refractivity contribution is 5.66. The zero-order valence-corrected chi connectivity index (χ0v) is 14.6. The molecule has 2 atom stereocenters. The summed E-state index contributed by atoms with van der Waals surface area (Å²) in [4.78, 5) is 10.5. The van der Waals surface area contributed by atoms with Gasteiger partial charge >= 0.3 is 5.97 Å². The first-order valence-electron chi connectivity index (χ1n) is 9.62. The molecule has 0 radical (unpaired) electrons. The normalized spacial score (nSPS) is 21.7. The fourth-order valence-corrected chi connectivity index (χ4v) is 3.67. The Morgan fingerprint density at radius 3 is 2.59 bits per heavy atom. The van der Waals surface area contributed by atoms with Crippen LogP contribution in [0, 0.1) is 11.8 Å². The van der Waals surface area contributed by atoms with Crippen LogP contribution in [-0.4, -0.2) is 11.1 Å². The van der Waals surface area contributed by atoms with Gasteiger partial charge in [-0.2, -0.15) is 0 Å². The second-order valence-electron chi connectivity index (χ2n) is 6.98. The Morgan fingerprint density at radius 1 is 1.05 bits per heavy atom. The Bertz CT molecular complexity index is 309. The summed E-state index contributed by atoms with van der Waals surface area (Å²) in [6, 6.07) is 0. The van der Waals surface area contributed by atoms with Gasteiger partial charge in [-0.15, -0.1) is 0 Å². The van der Waals surface area contributed by atoms with E-state index in [1.165, 1.54) is 70.6 Å². The summed E-state index contributed by atoms with van der Waals surface area (Å²) in [7, 11) is 0. The van der Waals surface area contributed by atoms with Crippen molar-refractivity contribution < 1.29 is 9.90 Å². The molecule has 1 aliphatic rings. The van der Waals surface area contributed by atoms with Gasteiger partial charge in [-0.25, -0.2) is 0 Å². The Kier molecular flexibility index (Phi) is 11.1. The molecule has 128 valence electrons. The molecule has 0 aliphatic heterocycles. The molecule has 0 heterocycles. The Hall–Kier alpha value is -0.790. The number of unbranched alkanes of at least 4 members (excludes halogenated alkanes) is 7. The first-order valence-corrected chi connectivity index (χ1v) is 9.62. The van der Waals surface area contributed by atoms with Crippen LogP contribution in [0.25, 0.3) is 0 Å². The fourth-order valence-electron chi connectivity index (χ4n) is 3.67. The van der Waals surface area contributed by atoms with Crippen LogP contribution in [0.5, 0.6) is 0 Å². The van der Waals surface area contributed by atoms with E-state index in [1.807, 2.05) is 0 Å². The molecule has 0 aromatic heterocycles. The van der Waals surface area contributed by atoms with E-state index in [1.54, 1.807) is 0 Å². The Balaban J connectivity index is 2.07. The summed E-state index contributed by atoms with van der Waals surface area (Å²) >= 11 is 0. The number of carbonyl (C=O) groups is 1. The molecular weight excluding hydrogens is 272 g/mol. The predicted octanol–water partition coefficient (Wildman–Crippen LogP) is 6.35. The van der Waals surface area contributed by atoms with Crippen molar-refractivity contribution >= 4 is 5.97 Å². The van der Waals surface area contributed by atoms with Crippen LogP contribution >= 0.6 is 0 Å². The maximum atomic E-state index is 10.5. The monoisotopic (exact) mass is 308 g/mol. The molecule has 0 unspecified atom stereocenters. The van der Waals surface area contributed by atoms with Crippen molar-refractivity contribution in [1.29, 1.82) is 0 Å². The van der Waals surface area contributed by atoms with Crippen LogP contribution < -0.4 is 0 Å². The van der Waals surface area contributed by atoms with Crippen molar-refractivity contribution in [2.75, 3.05) is 0 Å². The second kappa shape index (κ2) is 12.7. The van der Waals surface area contributed by atoms with E-state index in [2.05, 4.69) is 19.1 Å². The maximum Gasteiger partial charge on any atom is 0.303 e. The number of carboxylic acids is 1. The molecule has 2 nitrogen and oxygen atoms in total. The van der Waals surface area contributed by atoms with Crippen molar-refractivity contribution in [2.45, 2.75) is 96.8 Å². The van der Waals surface area contributed by atoms with Gasteiger partial charge in [0.05, 0.1) is 0 Å². The van der Waals surface area contributed by atoms with Crippen molar-refractivity contribution in [2.24, 2.45) is 11.8 Å². The van der Waals surface area contributed by atoms with Crippen molar-refractivity contribution in [3.63, 3.8) is 0 Å². The lowest BCUT2D eigenvalue weighted by atomic mass is 9.90. The summed E-state index contributed by atoms with van der Waals surface area (Å²) in [6.45, 7) is 2.26. The van der Waals surface area contributed by atoms with Crippen LogP contribution in [0.4, 0.5) is 0 Å². The molecule has 22 heavy (non-hydrogen) atoms. The lowest BCUT2D eigenvalue weighted by Crippen LogP contribution is -2.05. The summed E-state index contributed by atoms with van der Waals surface area (Å²) in [6.07, 6.45) is 21.9. The molecule has 1 saturated carbocycles. The standard InChI is InChI=1S/C20H36O2/c1-2-3-4-5-6-9-13-18-15-12-16-19(18)14-10-7-8-11-17-20(21)22/h9,13,18-19H,2-8,10-12,14-17H2,1H3,(H,21,22)/b13-9-/t18-,19-/m0/s1. The van der Waals surface area contributed by atoms with Gasteiger partial charge in [-0.05, 0) is 50.4 Å². The molecule has 0 bridgehead atoms. The molecule has 2 heteroatoms. The summed E-state index contributed by atoms with van der Waals surface area (Å²) in [5, 5.41) is 8.62. The van der Waals surface area contributed by atoms with Gasteiger partial charge in [0.2, 0.25) is 0 Å². The Morgan fingerprint density at radius 2 is 1.82 bits per heavy atom. The maximum absolute atomic E-state index is 10.5. The third-order valence-electron chi connectivity index (χ3n) is 5.04. The van der Waals surface area contributed by atoms with Gasteiger partial charge < -0.3 is 5.11 Å². The molecule has 1 fully saturated rings. The first-order chi connectivity index (χ1) is 10.7. The van der Waals surface area contributed by atoms with Gasteiger partial charge in [-0.1, -0.05) is 64.0 Å². The van der Waals surface area contributed by atoms with Gasteiger partial charge in [0, 0.05) is 6.42 Å². The molecule has 0 saturated heterocycles. The molecule has 1 rings (SSSR count). The fraction of sp³-hybridized carbons (Fsp3) is 0.850. The van der Waals surface area contributed by atoms with E-state index in [0.717, 1.165) is 24.7 Å². The molecule has 0 spiro atoms. The van der Waals surface area contributed by atoms with Crippen molar-refractivity contribution in [3.8, 4) is 0 Å². The summed E-state index contributed by atoms with van der Waals surface area (Å²) in [5.74, 6) is 1.07. The third kappa shape index (κ3) is 9.27. The molecule has 0 aromatic carbocycles. The lowest BCUT2D eigenvalue weighted by Gasteiger charge is -2.16. The zero-order chi connectivity index (χ0) is 16.0. The average molecular weight is 309 g/mol. The first kappa shape index (κ1) is 19.3. The van der Waals surface area contributed by atoms with Gasteiger partial charge in [-0.3, -0.25) is 4.79 Å². The Labute approximate surface area is 137 Å². The van der Waals surface area contributed by atoms with Crippen LogP contribution in [-0.2, 0) is 4.79 Å². The van der Waals surface area contributed by atoms with E-state index in [9.17, 15) is 4.79 Å². The third-order valence-corrected chi connectivity index (χ3v) is 5.04. The van der Waals surface area contributed by atoms with E-state index in [-0.39, 0.29) is 0 Å². The number of rotatable bonds is 13. The molecule has 1 N–H and O–H groups in total. The quantitative estimate of drug-likeness (QED) is 0.318. The average Bonchev–Trinajstić information content (AvgIpc) is 2.93. The molecule has 0 aromatic rings. The van der Waals surface area contributed by atoms with E-state index < -0.39 is 5.97 Å². The minimum absolute atomic E-state index is 0.340. The predicted molar refractivity (Wildman–Crippen MR) is 94.1 cm³/mol. The minimum atomic E-state index is -0.653. The number of hydrogen-bond acceptors (Lipinski definition) is 1. The van der Waals surface area contributed by atoms with E-state index in [0.29, 0.717) is 6.42 Å². The number of aliphatic carboxylic acids is 1. The molecule has 1 aliphatic carbocycles. The zero-order valence-electron chi connectivity index (χ0n) is 14.6. The van der Waals surface area contributed by atoms with Crippen molar-refractivity contribution in [1.82, 2.24) is 0 Å². The smallest absolute Gasteiger partial charge is 0.303 e. The van der Waals surface area contributed by atoms with Crippen LogP contribution in [0.2, 0.25) is 0 Å². The number of carboxylic acid groups (broad SMARTS) is 1. The minimum Gasteiger partial charge on any atom is -0.481 e. The number of allylic oxidation sites excluding steroid dienone is 2. The van der Waals surface area contributed by atoms with Crippen molar-refractivity contribution in [3.05, 3.63) is 12.2 Å². The highest BCUT2D eigenvalue weighted by Gasteiger charge is 2.24.